The van der Waals surface area contributed by atoms with Crippen molar-refractivity contribution in [3.05, 3.63) is 66.1 Å². The molecule has 2 rings (SSSR count). The Morgan fingerprint density at radius 3 is 2.43 bits per heavy atom. The zero-order valence-electron chi connectivity index (χ0n) is 7.91. The third kappa shape index (κ3) is 1.76. The molecular formula is C13H12Cl. The summed E-state index contributed by atoms with van der Waals surface area (Å²) in [5, 5.41) is 0.771. The van der Waals surface area contributed by atoms with Crippen molar-refractivity contribution in [2.75, 3.05) is 0 Å². The lowest BCUT2D eigenvalue weighted by Gasteiger charge is -2.26. The van der Waals surface area contributed by atoms with E-state index in [9.17, 15) is 0 Å². The molecule has 1 atom stereocenters. The summed E-state index contributed by atoms with van der Waals surface area (Å²) in [7, 11) is 0. The van der Waals surface area contributed by atoms with Gasteiger partial charge in [-0.2, -0.15) is 0 Å². The van der Waals surface area contributed by atoms with Crippen LogP contribution in [-0.4, -0.2) is 0 Å². The number of hydrogen-bond donors (Lipinski definition) is 0. The van der Waals surface area contributed by atoms with Crippen LogP contribution in [0.3, 0.4) is 0 Å². The second-order valence-electron chi connectivity index (χ2n) is 3.65. The van der Waals surface area contributed by atoms with Crippen molar-refractivity contribution in [2.45, 2.75) is 11.8 Å². The maximum Gasteiger partial charge on any atom is 0.0406 e. The molecule has 0 spiro atoms. The average Bonchev–Trinajstić information content (AvgIpc) is 2.19. The third-order valence-corrected chi connectivity index (χ3v) is 2.82. The van der Waals surface area contributed by atoms with E-state index in [1.807, 2.05) is 30.3 Å². The molecular weight excluding hydrogens is 192 g/mol. The summed E-state index contributed by atoms with van der Waals surface area (Å²) in [6.45, 7) is 4.25. The topological polar surface area (TPSA) is 0 Å². The smallest absolute Gasteiger partial charge is 0.0406 e. The summed E-state index contributed by atoms with van der Waals surface area (Å²) in [6.07, 6.45) is 9.33. The number of benzene rings is 1. The minimum atomic E-state index is -0.112. The average molecular weight is 204 g/mol. The molecule has 0 heterocycles. The van der Waals surface area contributed by atoms with Gasteiger partial charge in [-0.15, -0.1) is 0 Å². The van der Waals surface area contributed by atoms with E-state index >= 15 is 0 Å². The molecule has 0 bridgehead atoms. The van der Waals surface area contributed by atoms with Gasteiger partial charge in [0.2, 0.25) is 0 Å². The van der Waals surface area contributed by atoms with Crippen molar-refractivity contribution >= 4 is 11.6 Å². The largest absolute Gasteiger partial charge is 0.0843 e. The first kappa shape index (κ1) is 9.54. The molecule has 1 unspecified atom stereocenters. The molecule has 0 aromatic heterocycles. The fraction of sp³-hybridized carbons (Fsp3) is 0.154. The molecule has 1 aromatic rings. The molecule has 1 aliphatic rings. The fourth-order valence-electron chi connectivity index (χ4n) is 1.66. The van der Waals surface area contributed by atoms with Crippen LogP contribution >= 0.6 is 11.6 Å². The molecule has 1 heteroatoms. The highest BCUT2D eigenvalue weighted by Gasteiger charge is 2.22. The zero-order chi connectivity index (χ0) is 10.0. The zero-order valence-corrected chi connectivity index (χ0v) is 8.67. The van der Waals surface area contributed by atoms with Gasteiger partial charge in [-0.25, -0.2) is 0 Å². The second kappa shape index (κ2) is 3.62. The van der Waals surface area contributed by atoms with E-state index in [-0.39, 0.29) is 5.41 Å². The van der Waals surface area contributed by atoms with E-state index < -0.39 is 0 Å². The van der Waals surface area contributed by atoms with Crippen molar-refractivity contribution in [1.82, 2.24) is 0 Å². The highest BCUT2D eigenvalue weighted by Crippen LogP contribution is 2.32. The maximum atomic E-state index is 5.84. The second-order valence-corrected chi connectivity index (χ2v) is 4.09. The Morgan fingerprint density at radius 1 is 1.14 bits per heavy atom. The monoisotopic (exact) mass is 203 g/mol. The van der Waals surface area contributed by atoms with E-state index in [4.69, 9.17) is 11.6 Å². The predicted molar refractivity (Wildman–Crippen MR) is 61.4 cm³/mol. The SMILES string of the molecule is [CH2]C1(c2ccc(Cl)cc2)C=CC=CC1. The van der Waals surface area contributed by atoms with Crippen molar-refractivity contribution in [1.29, 1.82) is 0 Å². The summed E-state index contributed by atoms with van der Waals surface area (Å²) in [5.74, 6) is 0. The van der Waals surface area contributed by atoms with Crippen molar-refractivity contribution < 1.29 is 0 Å². The van der Waals surface area contributed by atoms with Crippen molar-refractivity contribution in [3.8, 4) is 0 Å². The lowest BCUT2D eigenvalue weighted by molar-refractivity contribution is 0.670. The molecule has 1 radical (unpaired) electrons. The summed E-state index contributed by atoms with van der Waals surface area (Å²) in [6, 6.07) is 7.91. The Labute approximate surface area is 89.9 Å². The van der Waals surface area contributed by atoms with Gasteiger partial charge in [0.05, 0.1) is 0 Å². The minimum absolute atomic E-state index is 0.112. The standard InChI is InChI=1S/C13H12Cl/c1-13(9-3-2-4-10-13)11-5-7-12(14)8-6-11/h2-9H,1,10H2. The van der Waals surface area contributed by atoms with E-state index in [2.05, 4.69) is 25.2 Å². The third-order valence-electron chi connectivity index (χ3n) is 2.56. The van der Waals surface area contributed by atoms with Crippen LogP contribution in [0.2, 0.25) is 5.02 Å². The molecule has 0 amide bonds. The summed E-state index contributed by atoms with van der Waals surface area (Å²) in [4.78, 5) is 0. The number of hydrogen-bond acceptors (Lipinski definition) is 0. The molecule has 1 aromatic carbocycles. The maximum absolute atomic E-state index is 5.84. The van der Waals surface area contributed by atoms with Crippen LogP contribution in [0.25, 0.3) is 0 Å². The van der Waals surface area contributed by atoms with Gasteiger partial charge in [0, 0.05) is 10.4 Å². The summed E-state index contributed by atoms with van der Waals surface area (Å²) in [5.41, 5.74) is 1.10. The molecule has 71 valence electrons. The van der Waals surface area contributed by atoms with Gasteiger partial charge in [-0.05, 0) is 31.0 Å². The quantitative estimate of drug-likeness (QED) is 0.649. The van der Waals surface area contributed by atoms with Gasteiger partial charge in [0.15, 0.2) is 0 Å². The summed E-state index contributed by atoms with van der Waals surface area (Å²) >= 11 is 5.84. The Hall–Kier alpha value is -1.01. The molecule has 14 heavy (non-hydrogen) atoms. The molecule has 0 nitrogen and oxygen atoms in total. The van der Waals surface area contributed by atoms with Gasteiger partial charge in [0.1, 0.15) is 0 Å². The molecule has 1 aliphatic carbocycles. The highest BCUT2D eigenvalue weighted by atomic mass is 35.5. The van der Waals surface area contributed by atoms with E-state index in [1.54, 1.807) is 0 Å². The molecule has 0 saturated carbocycles. The van der Waals surface area contributed by atoms with Crippen molar-refractivity contribution in [3.63, 3.8) is 0 Å². The van der Waals surface area contributed by atoms with Crippen LogP contribution in [0.4, 0.5) is 0 Å². The normalized spacial score (nSPS) is 25.3. The van der Waals surface area contributed by atoms with Gasteiger partial charge < -0.3 is 0 Å². The Morgan fingerprint density at radius 2 is 1.86 bits per heavy atom. The number of halogens is 1. The lowest BCUT2D eigenvalue weighted by Crippen LogP contribution is -2.19. The van der Waals surface area contributed by atoms with Crippen molar-refractivity contribution in [2.24, 2.45) is 0 Å². The highest BCUT2D eigenvalue weighted by molar-refractivity contribution is 6.30. The van der Waals surface area contributed by atoms with Gasteiger partial charge in [0.25, 0.3) is 0 Å². The Balaban J connectivity index is 2.34. The first-order valence-corrected chi connectivity index (χ1v) is 5.04. The van der Waals surface area contributed by atoms with Crippen LogP contribution < -0.4 is 0 Å². The first-order chi connectivity index (χ1) is 6.71. The number of rotatable bonds is 1. The van der Waals surface area contributed by atoms with E-state index in [1.165, 1.54) is 5.56 Å². The van der Waals surface area contributed by atoms with Crippen LogP contribution in [0.15, 0.2) is 48.6 Å². The fourth-order valence-corrected chi connectivity index (χ4v) is 1.79. The van der Waals surface area contributed by atoms with Crippen LogP contribution in [0.5, 0.6) is 0 Å². The first-order valence-electron chi connectivity index (χ1n) is 4.66. The van der Waals surface area contributed by atoms with E-state index in [0.29, 0.717) is 0 Å². The Kier molecular flexibility index (Phi) is 2.47. The molecule has 0 aliphatic heterocycles. The minimum Gasteiger partial charge on any atom is -0.0843 e. The number of allylic oxidation sites excluding steroid dienone is 4. The molecule has 0 fully saturated rings. The molecule has 0 N–H and O–H groups in total. The van der Waals surface area contributed by atoms with Gasteiger partial charge >= 0.3 is 0 Å². The van der Waals surface area contributed by atoms with Crippen LogP contribution in [0, 0.1) is 6.92 Å². The van der Waals surface area contributed by atoms with Crippen LogP contribution in [0.1, 0.15) is 12.0 Å². The summed E-state index contributed by atoms with van der Waals surface area (Å²) < 4.78 is 0. The predicted octanol–water partition coefficient (Wildman–Crippen LogP) is 3.93. The van der Waals surface area contributed by atoms with Gasteiger partial charge in [-0.1, -0.05) is 48.0 Å². The van der Waals surface area contributed by atoms with Crippen LogP contribution in [-0.2, 0) is 5.41 Å². The molecule has 0 saturated heterocycles. The van der Waals surface area contributed by atoms with E-state index in [0.717, 1.165) is 11.4 Å². The lowest BCUT2D eigenvalue weighted by atomic mass is 9.77. The Bertz CT molecular complexity index is 373. The van der Waals surface area contributed by atoms with Gasteiger partial charge in [-0.3, -0.25) is 0 Å².